The zero-order valence-corrected chi connectivity index (χ0v) is 18.5. The standard InChI is InChI=1S/C22H20FN3O5S/c1-28-16-11-15(17(23)20-19(16)30-9-4-10-31-20)18(21(32-3)26-22(27)29-2)25-14-7-5-13(12-24)6-8-14/h5-8,11H,4,9-10H2,1-3H3/b25-18?,26-21-. The van der Waals surface area contributed by atoms with E-state index in [9.17, 15) is 4.79 Å². The Morgan fingerprint density at radius 3 is 2.47 bits per heavy atom. The Morgan fingerprint density at radius 2 is 1.88 bits per heavy atom. The third kappa shape index (κ3) is 5.00. The highest BCUT2D eigenvalue weighted by molar-refractivity contribution is 8.15. The first-order chi connectivity index (χ1) is 15.5. The van der Waals surface area contributed by atoms with Gasteiger partial charge in [0.15, 0.2) is 11.6 Å². The number of benzene rings is 2. The lowest BCUT2D eigenvalue weighted by Crippen LogP contribution is -2.17. The first-order valence-electron chi connectivity index (χ1n) is 9.48. The third-order valence-corrected chi connectivity index (χ3v) is 5.07. The van der Waals surface area contributed by atoms with E-state index >= 15 is 4.39 Å². The second-order valence-electron chi connectivity index (χ2n) is 6.36. The molecule has 0 bridgehead atoms. The largest absolute Gasteiger partial charge is 0.493 e. The monoisotopic (exact) mass is 457 g/mol. The van der Waals surface area contributed by atoms with E-state index in [1.807, 2.05) is 6.07 Å². The van der Waals surface area contributed by atoms with E-state index < -0.39 is 11.9 Å². The maximum Gasteiger partial charge on any atom is 0.434 e. The van der Waals surface area contributed by atoms with Crippen molar-refractivity contribution >= 4 is 34.3 Å². The molecule has 0 spiro atoms. The Bertz CT molecular complexity index is 1110. The summed E-state index contributed by atoms with van der Waals surface area (Å²) >= 11 is 1.09. The molecular weight excluding hydrogens is 437 g/mol. The molecule has 32 heavy (non-hydrogen) atoms. The average molecular weight is 457 g/mol. The molecule has 0 fully saturated rings. The van der Waals surface area contributed by atoms with E-state index in [2.05, 4.69) is 14.7 Å². The lowest BCUT2D eigenvalue weighted by atomic mass is 10.1. The van der Waals surface area contributed by atoms with E-state index in [4.69, 9.17) is 19.5 Å². The molecule has 0 aromatic heterocycles. The van der Waals surface area contributed by atoms with Crippen LogP contribution >= 0.6 is 11.8 Å². The average Bonchev–Trinajstić information content (AvgIpc) is 3.09. The second-order valence-corrected chi connectivity index (χ2v) is 7.15. The van der Waals surface area contributed by atoms with Gasteiger partial charge in [0.1, 0.15) is 10.8 Å². The summed E-state index contributed by atoms with van der Waals surface area (Å²) in [7, 11) is 2.62. The molecule has 0 saturated carbocycles. The molecule has 10 heteroatoms. The minimum Gasteiger partial charge on any atom is -0.493 e. The predicted molar refractivity (Wildman–Crippen MR) is 119 cm³/mol. The summed E-state index contributed by atoms with van der Waals surface area (Å²) < 4.78 is 36.9. The van der Waals surface area contributed by atoms with E-state index in [1.54, 1.807) is 30.5 Å². The van der Waals surface area contributed by atoms with Gasteiger partial charge in [-0.2, -0.15) is 10.3 Å². The summed E-state index contributed by atoms with van der Waals surface area (Å²) in [6.45, 7) is 0.623. The zero-order chi connectivity index (χ0) is 23.1. The van der Waals surface area contributed by atoms with E-state index in [-0.39, 0.29) is 40.2 Å². The molecule has 1 heterocycles. The van der Waals surface area contributed by atoms with Gasteiger partial charge in [0.25, 0.3) is 0 Å². The molecule has 1 aliphatic rings. The van der Waals surface area contributed by atoms with Crippen LogP contribution in [0.5, 0.6) is 17.2 Å². The molecule has 0 aliphatic carbocycles. The molecule has 1 amide bonds. The summed E-state index contributed by atoms with van der Waals surface area (Å²) in [4.78, 5) is 20.3. The first-order valence-corrected chi connectivity index (χ1v) is 10.7. The first kappa shape index (κ1) is 23.1. The minimum absolute atomic E-state index is 0.00691. The Labute approximate surface area is 188 Å². The summed E-state index contributed by atoms with van der Waals surface area (Å²) in [6, 6.07) is 9.82. The number of aliphatic imine (C=N–C) groups is 2. The quantitative estimate of drug-likeness (QED) is 0.491. The molecule has 3 rings (SSSR count). The molecule has 8 nitrogen and oxygen atoms in total. The van der Waals surface area contributed by atoms with Crippen LogP contribution in [0.2, 0.25) is 0 Å². The van der Waals surface area contributed by atoms with Gasteiger partial charge in [-0.3, -0.25) is 0 Å². The van der Waals surface area contributed by atoms with Crippen LogP contribution in [-0.4, -0.2) is 50.5 Å². The molecular formula is C22H20FN3O5S. The highest BCUT2D eigenvalue weighted by Crippen LogP contribution is 2.43. The van der Waals surface area contributed by atoms with Crippen molar-refractivity contribution < 1.29 is 28.1 Å². The number of carbonyl (C=O) groups excluding carboxylic acids is 1. The smallest absolute Gasteiger partial charge is 0.434 e. The highest BCUT2D eigenvalue weighted by Gasteiger charge is 2.28. The van der Waals surface area contributed by atoms with Gasteiger partial charge in [-0.15, -0.1) is 11.8 Å². The molecule has 0 unspecified atom stereocenters. The number of fused-ring (bicyclic) bond motifs is 1. The summed E-state index contributed by atoms with van der Waals surface area (Å²) in [6.07, 6.45) is 1.40. The molecule has 0 radical (unpaired) electrons. The number of nitrogens with zero attached hydrogens (tertiary/aromatic N) is 3. The number of methoxy groups -OCH3 is 2. The molecule has 0 N–H and O–H groups in total. The molecule has 2 aromatic rings. The van der Waals surface area contributed by atoms with E-state index in [0.717, 1.165) is 11.8 Å². The number of nitriles is 1. The van der Waals surface area contributed by atoms with Crippen LogP contribution in [0.1, 0.15) is 17.5 Å². The van der Waals surface area contributed by atoms with Crippen molar-refractivity contribution in [2.75, 3.05) is 33.7 Å². The fraction of sp³-hybridized carbons (Fsp3) is 0.273. The third-order valence-electron chi connectivity index (χ3n) is 4.40. The van der Waals surface area contributed by atoms with Crippen molar-refractivity contribution in [2.45, 2.75) is 6.42 Å². The van der Waals surface area contributed by atoms with Crippen molar-refractivity contribution in [2.24, 2.45) is 9.98 Å². The molecule has 0 saturated heterocycles. The van der Waals surface area contributed by atoms with Crippen molar-refractivity contribution in [1.29, 1.82) is 5.26 Å². The van der Waals surface area contributed by atoms with Gasteiger partial charge in [-0.1, -0.05) is 0 Å². The van der Waals surface area contributed by atoms with Crippen molar-refractivity contribution in [3.05, 3.63) is 47.3 Å². The number of thioether (sulfide) groups is 1. The Balaban J connectivity index is 2.26. The van der Waals surface area contributed by atoms with Crippen LogP contribution in [0, 0.1) is 17.1 Å². The van der Waals surface area contributed by atoms with Gasteiger partial charge < -0.3 is 18.9 Å². The van der Waals surface area contributed by atoms with Crippen LogP contribution in [0.25, 0.3) is 0 Å². The Hall–Kier alpha value is -3.58. The Morgan fingerprint density at radius 1 is 1.19 bits per heavy atom. The molecule has 1 aliphatic heterocycles. The summed E-state index contributed by atoms with van der Waals surface area (Å²) in [5.74, 6) is -0.395. The Kier molecular flexibility index (Phi) is 7.68. The van der Waals surface area contributed by atoms with Crippen LogP contribution in [0.15, 0.2) is 40.3 Å². The number of carbonyl (C=O) groups is 1. The zero-order valence-electron chi connectivity index (χ0n) is 17.7. The van der Waals surface area contributed by atoms with Gasteiger partial charge in [0.2, 0.25) is 11.5 Å². The SMILES string of the molecule is COC(=O)/N=C(\SC)C(=Nc1ccc(C#N)cc1)c1cc(OC)c2c(c1F)OCCCO2. The lowest BCUT2D eigenvalue weighted by molar-refractivity contribution is 0.183. The lowest BCUT2D eigenvalue weighted by Gasteiger charge is -2.17. The second kappa shape index (κ2) is 10.6. The molecule has 166 valence electrons. The number of amides is 1. The normalized spacial score (nSPS) is 13.7. The van der Waals surface area contributed by atoms with E-state index in [1.165, 1.54) is 20.3 Å². The maximum absolute atomic E-state index is 15.7. The van der Waals surface area contributed by atoms with Crippen LogP contribution in [0.3, 0.4) is 0 Å². The summed E-state index contributed by atoms with van der Waals surface area (Å²) in [5, 5.41) is 9.14. The van der Waals surface area contributed by atoms with Gasteiger partial charge in [-0.25, -0.2) is 14.2 Å². The van der Waals surface area contributed by atoms with Crippen LogP contribution in [-0.2, 0) is 4.74 Å². The van der Waals surface area contributed by atoms with Crippen LogP contribution < -0.4 is 14.2 Å². The number of rotatable bonds is 4. The van der Waals surface area contributed by atoms with Gasteiger partial charge >= 0.3 is 6.09 Å². The number of halogens is 1. The number of ether oxygens (including phenoxy) is 4. The van der Waals surface area contributed by atoms with Crippen LogP contribution in [0.4, 0.5) is 14.9 Å². The number of hydrogen-bond donors (Lipinski definition) is 0. The highest BCUT2D eigenvalue weighted by atomic mass is 32.2. The molecule has 0 atom stereocenters. The predicted octanol–water partition coefficient (Wildman–Crippen LogP) is 4.52. The number of hydrogen-bond acceptors (Lipinski definition) is 8. The van der Waals surface area contributed by atoms with Crippen molar-refractivity contribution in [3.8, 4) is 23.3 Å². The van der Waals surface area contributed by atoms with E-state index in [0.29, 0.717) is 24.3 Å². The maximum atomic E-state index is 15.7. The van der Waals surface area contributed by atoms with Gasteiger partial charge in [0.05, 0.1) is 44.8 Å². The molecule has 2 aromatic carbocycles. The van der Waals surface area contributed by atoms with Crippen molar-refractivity contribution in [3.63, 3.8) is 0 Å². The summed E-state index contributed by atoms with van der Waals surface area (Å²) in [5.41, 5.74) is 0.949. The minimum atomic E-state index is -0.858. The van der Waals surface area contributed by atoms with Gasteiger partial charge in [-0.05, 0) is 36.6 Å². The fourth-order valence-corrected chi connectivity index (χ4v) is 3.39. The van der Waals surface area contributed by atoms with Crippen molar-refractivity contribution in [1.82, 2.24) is 0 Å². The fourth-order valence-electron chi connectivity index (χ4n) is 2.88. The van der Waals surface area contributed by atoms with Gasteiger partial charge in [0, 0.05) is 12.0 Å². The topological polar surface area (TPSA) is 103 Å².